The molecule has 0 amide bonds. The zero-order valence-electron chi connectivity index (χ0n) is 10.4. The van der Waals surface area contributed by atoms with Crippen LogP contribution in [0.5, 0.6) is 0 Å². The van der Waals surface area contributed by atoms with Gasteiger partial charge in [0.15, 0.2) is 0 Å². The molecule has 100 valence electrons. The van der Waals surface area contributed by atoms with Gasteiger partial charge in [0.2, 0.25) is 0 Å². The normalized spacial score (nSPS) is 10.4. The topological polar surface area (TPSA) is 55.2 Å². The SMILES string of the molecule is CCc1ccc(CNc2ccc(F)cc2[N+](=O)[O-])s1. The summed E-state index contributed by atoms with van der Waals surface area (Å²) in [6.07, 6.45) is 0.974. The second-order valence-corrected chi connectivity index (χ2v) is 5.25. The van der Waals surface area contributed by atoms with Gasteiger partial charge in [-0.1, -0.05) is 6.92 Å². The first kappa shape index (κ1) is 13.5. The number of nitro benzene ring substituents is 1. The predicted octanol–water partition coefficient (Wildman–Crippen LogP) is 3.97. The van der Waals surface area contributed by atoms with E-state index in [1.165, 1.54) is 17.0 Å². The summed E-state index contributed by atoms with van der Waals surface area (Å²) in [5.41, 5.74) is 0.0881. The van der Waals surface area contributed by atoms with Crippen LogP contribution in [0.1, 0.15) is 16.7 Å². The van der Waals surface area contributed by atoms with Crippen LogP contribution in [-0.2, 0) is 13.0 Å². The third-order valence-corrected chi connectivity index (χ3v) is 3.90. The van der Waals surface area contributed by atoms with Crippen molar-refractivity contribution in [1.82, 2.24) is 0 Å². The highest BCUT2D eigenvalue weighted by atomic mass is 32.1. The first-order chi connectivity index (χ1) is 9.10. The first-order valence-electron chi connectivity index (χ1n) is 5.85. The average Bonchev–Trinajstić information content (AvgIpc) is 2.85. The molecule has 0 aliphatic carbocycles. The highest BCUT2D eigenvalue weighted by molar-refractivity contribution is 7.12. The molecule has 19 heavy (non-hydrogen) atoms. The number of nitro groups is 1. The molecule has 1 N–H and O–H groups in total. The number of rotatable bonds is 5. The Kier molecular flexibility index (Phi) is 4.11. The molecule has 2 rings (SSSR count). The molecule has 0 atom stereocenters. The van der Waals surface area contributed by atoms with Gasteiger partial charge in [-0.25, -0.2) is 4.39 Å². The number of nitrogens with one attached hydrogen (secondary N) is 1. The number of nitrogens with zero attached hydrogens (tertiary/aromatic N) is 1. The van der Waals surface area contributed by atoms with E-state index in [1.807, 2.05) is 12.1 Å². The van der Waals surface area contributed by atoms with Gasteiger partial charge in [-0.05, 0) is 30.7 Å². The van der Waals surface area contributed by atoms with E-state index in [-0.39, 0.29) is 5.69 Å². The van der Waals surface area contributed by atoms with Gasteiger partial charge in [-0.2, -0.15) is 0 Å². The molecule has 0 aliphatic rings. The summed E-state index contributed by atoms with van der Waals surface area (Å²) in [4.78, 5) is 12.6. The zero-order chi connectivity index (χ0) is 13.8. The fourth-order valence-corrected chi connectivity index (χ4v) is 2.59. The number of benzene rings is 1. The van der Waals surface area contributed by atoms with E-state index in [1.54, 1.807) is 11.3 Å². The molecule has 0 spiro atoms. The second-order valence-electron chi connectivity index (χ2n) is 3.99. The minimum absolute atomic E-state index is 0.243. The minimum atomic E-state index is -0.610. The Labute approximate surface area is 114 Å². The lowest BCUT2D eigenvalue weighted by Crippen LogP contribution is -2.01. The van der Waals surface area contributed by atoms with E-state index in [0.717, 1.165) is 17.4 Å². The van der Waals surface area contributed by atoms with Crippen molar-refractivity contribution >= 4 is 22.7 Å². The molecule has 4 nitrogen and oxygen atoms in total. The maximum Gasteiger partial charge on any atom is 0.295 e. The molecule has 0 unspecified atom stereocenters. The fraction of sp³-hybridized carbons (Fsp3) is 0.231. The summed E-state index contributed by atoms with van der Waals surface area (Å²) >= 11 is 1.66. The standard InChI is InChI=1S/C13H13FN2O2S/c1-2-10-4-5-11(19-10)8-15-12-6-3-9(14)7-13(12)16(17)18/h3-7,15H,2,8H2,1H3. The lowest BCUT2D eigenvalue weighted by atomic mass is 10.2. The van der Waals surface area contributed by atoms with Gasteiger partial charge in [0.05, 0.1) is 11.0 Å². The maximum absolute atomic E-state index is 13.0. The second kappa shape index (κ2) is 5.79. The molecule has 0 aliphatic heterocycles. The molecule has 2 aromatic rings. The molecule has 0 saturated carbocycles. The van der Waals surface area contributed by atoms with Crippen molar-refractivity contribution < 1.29 is 9.31 Å². The summed E-state index contributed by atoms with van der Waals surface area (Å²) in [7, 11) is 0. The zero-order valence-corrected chi connectivity index (χ0v) is 11.2. The molecule has 0 saturated heterocycles. The molecule has 1 aromatic carbocycles. The average molecular weight is 280 g/mol. The Morgan fingerprint density at radius 2 is 2.05 bits per heavy atom. The minimum Gasteiger partial charge on any atom is -0.375 e. The summed E-state index contributed by atoms with van der Waals surface area (Å²) in [5.74, 6) is -0.610. The fourth-order valence-electron chi connectivity index (χ4n) is 1.70. The quantitative estimate of drug-likeness (QED) is 0.666. The summed E-state index contributed by atoms with van der Waals surface area (Å²) in [5, 5.41) is 13.8. The number of hydrogen-bond donors (Lipinski definition) is 1. The number of thiophene rings is 1. The highest BCUT2D eigenvalue weighted by Gasteiger charge is 2.14. The van der Waals surface area contributed by atoms with E-state index in [0.29, 0.717) is 12.2 Å². The van der Waals surface area contributed by atoms with Crippen LogP contribution in [0.2, 0.25) is 0 Å². The van der Waals surface area contributed by atoms with Gasteiger partial charge in [0, 0.05) is 16.3 Å². The van der Waals surface area contributed by atoms with Crippen LogP contribution in [0.3, 0.4) is 0 Å². The molecule has 0 bridgehead atoms. The van der Waals surface area contributed by atoms with Gasteiger partial charge < -0.3 is 5.32 Å². The van der Waals surface area contributed by atoms with Crippen molar-refractivity contribution in [3.63, 3.8) is 0 Å². The summed E-state index contributed by atoms with van der Waals surface area (Å²) in [6.45, 7) is 2.57. The van der Waals surface area contributed by atoms with Crippen molar-refractivity contribution in [2.75, 3.05) is 5.32 Å². The van der Waals surface area contributed by atoms with Crippen molar-refractivity contribution in [3.8, 4) is 0 Å². The van der Waals surface area contributed by atoms with Crippen LogP contribution in [-0.4, -0.2) is 4.92 Å². The summed E-state index contributed by atoms with van der Waals surface area (Å²) < 4.78 is 13.0. The van der Waals surface area contributed by atoms with Crippen molar-refractivity contribution in [1.29, 1.82) is 0 Å². The van der Waals surface area contributed by atoms with E-state index < -0.39 is 10.7 Å². The molecule has 1 heterocycles. The van der Waals surface area contributed by atoms with Gasteiger partial charge in [-0.15, -0.1) is 11.3 Å². The Morgan fingerprint density at radius 1 is 1.32 bits per heavy atom. The third-order valence-electron chi connectivity index (χ3n) is 2.68. The first-order valence-corrected chi connectivity index (χ1v) is 6.67. The molecule has 6 heteroatoms. The van der Waals surface area contributed by atoms with Crippen molar-refractivity contribution in [2.45, 2.75) is 19.9 Å². The number of hydrogen-bond acceptors (Lipinski definition) is 4. The van der Waals surface area contributed by atoms with Gasteiger partial charge in [0.1, 0.15) is 11.5 Å². The number of halogens is 1. The molecule has 1 aromatic heterocycles. The van der Waals surface area contributed by atoms with Crippen LogP contribution in [0.15, 0.2) is 30.3 Å². The maximum atomic E-state index is 13.0. The van der Waals surface area contributed by atoms with E-state index in [4.69, 9.17) is 0 Å². The highest BCUT2D eigenvalue weighted by Crippen LogP contribution is 2.26. The van der Waals surface area contributed by atoms with Crippen LogP contribution in [0.25, 0.3) is 0 Å². The van der Waals surface area contributed by atoms with Crippen LogP contribution < -0.4 is 5.32 Å². The van der Waals surface area contributed by atoms with Crippen molar-refractivity contribution in [2.24, 2.45) is 0 Å². The largest absolute Gasteiger partial charge is 0.375 e. The Bertz CT molecular complexity index is 598. The number of anilines is 1. The van der Waals surface area contributed by atoms with Crippen molar-refractivity contribution in [3.05, 3.63) is 56.0 Å². The lowest BCUT2D eigenvalue weighted by molar-refractivity contribution is -0.384. The van der Waals surface area contributed by atoms with E-state index in [9.17, 15) is 14.5 Å². The lowest BCUT2D eigenvalue weighted by Gasteiger charge is -2.05. The van der Waals surface area contributed by atoms with Gasteiger partial charge in [-0.3, -0.25) is 10.1 Å². The molecular weight excluding hydrogens is 267 g/mol. The molecule has 0 radical (unpaired) electrons. The predicted molar refractivity (Wildman–Crippen MR) is 74.1 cm³/mol. The Balaban J connectivity index is 2.12. The third kappa shape index (κ3) is 3.29. The van der Waals surface area contributed by atoms with Crippen LogP contribution in [0, 0.1) is 15.9 Å². The van der Waals surface area contributed by atoms with Gasteiger partial charge >= 0.3 is 0 Å². The van der Waals surface area contributed by atoms with E-state index in [2.05, 4.69) is 12.2 Å². The van der Waals surface area contributed by atoms with E-state index >= 15 is 0 Å². The molecule has 0 fully saturated rings. The van der Waals surface area contributed by atoms with Gasteiger partial charge in [0.25, 0.3) is 5.69 Å². The smallest absolute Gasteiger partial charge is 0.295 e. The monoisotopic (exact) mass is 280 g/mol. The van der Waals surface area contributed by atoms with Crippen LogP contribution in [0.4, 0.5) is 15.8 Å². The number of aryl methyl sites for hydroxylation is 1. The van der Waals surface area contributed by atoms with Crippen LogP contribution >= 0.6 is 11.3 Å². The Morgan fingerprint density at radius 3 is 2.68 bits per heavy atom. The summed E-state index contributed by atoms with van der Waals surface area (Å²) in [6, 6.07) is 7.56. The molecular formula is C13H13FN2O2S. The Hall–Kier alpha value is -1.95.